The lowest BCUT2D eigenvalue weighted by Gasteiger charge is -2.13. The molecule has 0 saturated carbocycles. The summed E-state index contributed by atoms with van der Waals surface area (Å²) >= 11 is 0. The van der Waals surface area contributed by atoms with Crippen LogP contribution in [-0.4, -0.2) is 18.3 Å². The van der Waals surface area contributed by atoms with Crippen molar-refractivity contribution >= 4 is 11.7 Å². The van der Waals surface area contributed by atoms with Crippen LogP contribution in [0.4, 0.5) is 0 Å². The van der Waals surface area contributed by atoms with Gasteiger partial charge in [0.25, 0.3) is 0 Å². The monoisotopic (exact) mass is 171 g/mol. The van der Waals surface area contributed by atoms with Gasteiger partial charge >= 0.3 is 0 Å². The van der Waals surface area contributed by atoms with Gasteiger partial charge in [-0.25, -0.2) is 0 Å². The van der Waals surface area contributed by atoms with Crippen LogP contribution in [0.3, 0.4) is 0 Å². The highest BCUT2D eigenvalue weighted by molar-refractivity contribution is 5.83. The summed E-state index contributed by atoms with van der Waals surface area (Å²) in [6.07, 6.45) is 0. The summed E-state index contributed by atoms with van der Waals surface area (Å²) in [6.45, 7) is 6.02. The fourth-order valence-electron chi connectivity index (χ4n) is 0.933. The first-order chi connectivity index (χ1) is 5.45. The molecule has 70 valence electrons. The van der Waals surface area contributed by atoms with E-state index in [2.05, 4.69) is 5.32 Å². The first kappa shape index (κ1) is 10.9. The van der Waals surface area contributed by atoms with Gasteiger partial charge in [-0.2, -0.15) is 0 Å². The fraction of sp³-hybridized carbons (Fsp3) is 0.750. The Morgan fingerprint density at radius 2 is 2.00 bits per heavy atom. The molecule has 1 atom stereocenters. The van der Waals surface area contributed by atoms with E-state index in [0.29, 0.717) is 6.54 Å². The Morgan fingerprint density at radius 1 is 1.50 bits per heavy atom. The molecule has 0 radical (unpaired) electrons. The maximum absolute atomic E-state index is 11.3. The third-order valence-electron chi connectivity index (χ3n) is 1.65. The summed E-state index contributed by atoms with van der Waals surface area (Å²) in [4.78, 5) is 11.3. The van der Waals surface area contributed by atoms with Crippen molar-refractivity contribution in [2.75, 3.05) is 6.54 Å². The van der Waals surface area contributed by atoms with E-state index in [1.54, 1.807) is 0 Å². The van der Waals surface area contributed by atoms with Crippen molar-refractivity contribution in [1.82, 2.24) is 5.32 Å². The molecular weight excluding hydrogens is 154 g/mol. The van der Waals surface area contributed by atoms with E-state index in [-0.39, 0.29) is 23.6 Å². The van der Waals surface area contributed by atoms with Crippen LogP contribution in [0.2, 0.25) is 0 Å². The van der Waals surface area contributed by atoms with E-state index >= 15 is 0 Å². The molecular formula is C8H17N3O. The van der Waals surface area contributed by atoms with E-state index in [1.165, 1.54) is 0 Å². The zero-order valence-electron chi connectivity index (χ0n) is 7.85. The topological polar surface area (TPSA) is 79.0 Å². The third kappa shape index (κ3) is 3.95. The van der Waals surface area contributed by atoms with Crippen LogP contribution in [0.25, 0.3) is 0 Å². The van der Waals surface area contributed by atoms with E-state index in [4.69, 9.17) is 11.1 Å². The average Bonchev–Trinajstić information content (AvgIpc) is 1.98. The number of guanidine groups is 1. The molecule has 0 saturated heterocycles. The highest BCUT2D eigenvalue weighted by Crippen LogP contribution is 2.04. The molecule has 4 nitrogen and oxygen atoms in total. The molecule has 0 aromatic carbocycles. The lowest BCUT2D eigenvalue weighted by Crippen LogP contribution is -2.36. The van der Waals surface area contributed by atoms with E-state index in [0.717, 1.165) is 0 Å². The molecule has 0 rings (SSSR count). The van der Waals surface area contributed by atoms with Crippen molar-refractivity contribution in [1.29, 1.82) is 5.41 Å². The molecule has 0 unspecified atom stereocenters. The molecule has 4 heteroatoms. The number of carbonyl (C=O) groups is 1. The molecule has 0 aliphatic heterocycles. The predicted molar refractivity (Wildman–Crippen MR) is 48.9 cm³/mol. The first-order valence-electron chi connectivity index (χ1n) is 4.06. The Kier molecular flexibility index (Phi) is 4.33. The molecule has 12 heavy (non-hydrogen) atoms. The lowest BCUT2D eigenvalue weighted by molar-refractivity contribution is -0.125. The van der Waals surface area contributed by atoms with Gasteiger partial charge in [0.05, 0.1) is 0 Å². The first-order valence-corrected chi connectivity index (χ1v) is 4.06. The zero-order valence-corrected chi connectivity index (χ0v) is 7.85. The van der Waals surface area contributed by atoms with Gasteiger partial charge in [-0.1, -0.05) is 20.8 Å². The molecule has 0 amide bonds. The van der Waals surface area contributed by atoms with Crippen LogP contribution in [0.1, 0.15) is 20.8 Å². The smallest absolute Gasteiger partial charge is 0.185 e. The Bertz CT molecular complexity index is 177. The number of nitrogens with one attached hydrogen (secondary N) is 2. The fourth-order valence-corrected chi connectivity index (χ4v) is 0.933. The minimum Gasteiger partial charge on any atom is -0.370 e. The second kappa shape index (κ2) is 4.74. The summed E-state index contributed by atoms with van der Waals surface area (Å²) in [7, 11) is 0. The molecule has 0 aliphatic carbocycles. The highest BCUT2D eigenvalue weighted by Gasteiger charge is 2.15. The predicted octanol–water partition coefficient (Wildman–Crippen LogP) is 0.331. The van der Waals surface area contributed by atoms with E-state index < -0.39 is 0 Å². The zero-order chi connectivity index (χ0) is 9.72. The molecule has 0 spiro atoms. The van der Waals surface area contributed by atoms with Crippen molar-refractivity contribution in [2.24, 2.45) is 17.6 Å². The van der Waals surface area contributed by atoms with Crippen molar-refractivity contribution in [3.8, 4) is 0 Å². The maximum Gasteiger partial charge on any atom is 0.185 e. The minimum atomic E-state index is -0.0848. The SMILES string of the molecule is CC(C)C(=O)[C@H](C)CNC(=N)N. The molecule has 0 aromatic heterocycles. The van der Waals surface area contributed by atoms with Crippen molar-refractivity contribution in [3.63, 3.8) is 0 Å². The summed E-state index contributed by atoms with van der Waals surface area (Å²) in [6, 6.07) is 0. The number of nitrogens with two attached hydrogens (primary N) is 1. The van der Waals surface area contributed by atoms with E-state index in [1.807, 2.05) is 20.8 Å². The lowest BCUT2D eigenvalue weighted by atomic mass is 9.97. The molecule has 0 fully saturated rings. The Hall–Kier alpha value is -1.06. The van der Waals surface area contributed by atoms with Crippen LogP contribution in [0.5, 0.6) is 0 Å². The highest BCUT2D eigenvalue weighted by atomic mass is 16.1. The van der Waals surface area contributed by atoms with Crippen LogP contribution in [0, 0.1) is 17.2 Å². The number of hydrogen-bond donors (Lipinski definition) is 3. The standard InChI is InChI=1S/C8H17N3O/c1-5(2)7(12)6(3)4-11-8(9)10/h5-6H,4H2,1-3H3,(H4,9,10,11)/t6-/m1/s1. The third-order valence-corrected chi connectivity index (χ3v) is 1.65. The summed E-state index contributed by atoms with van der Waals surface area (Å²) in [5, 5.41) is 9.51. The molecule has 4 N–H and O–H groups in total. The van der Waals surface area contributed by atoms with Gasteiger partial charge in [-0.15, -0.1) is 0 Å². The average molecular weight is 171 g/mol. The van der Waals surface area contributed by atoms with Crippen LogP contribution < -0.4 is 11.1 Å². The molecule has 0 bridgehead atoms. The number of rotatable bonds is 4. The van der Waals surface area contributed by atoms with Crippen LogP contribution >= 0.6 is 0 Å². The van der Waals surface area contributed by atoms with Gasteiger partial charge in [-0.05, 0) is 0 Å². The van der Waals surface area contributed by atoms with Crippen molar-refractivity contribution in [2.45, 2.75) is 20.8 Å². The van der Waals surface area contributed by atoms with Gasteiger partial charge in [0.1, 0.15) is 5.78 Å². The number of carbonyl (C=O) groups excluding carboxylic acids is 1. The molecule has 0 aromatic rings. The molecule has 0 heterocycles. The number of Topliss-reactive ketones (excluding diaryl/α,β-unsaturated/α-hetero) is 1. The van der Waals surface area contributed by atoms with Crippen molar-refractivity contribution in [3.05, 3.63) is 0 Å². The quantitative estimate of drug-likeness (QED) is 0.421. The number of ketones is 1. The summed E-state index contributed by atoms with van der Waals surface area (Å²) in [5.74, 6) is 0.0878. The van der Waals surface area contributed by atoms with E-state index in [9.17, 15) is 4.79 Å². The van der Waals surface area contributed by atoms with Gasteiger partial charge in [-0.3, -0.25) is 10.2 Å². The molecule has 0 aliphatic rings. The maximum atomic E-state index is 11.3. The number of hydrogen-bond acceptors (Lipinski definition) is 2. The largest absolute Gasteiger partial charge is 0.370 e. The van der Waals surface area contributed by atoms with Crippen LogP contribution in [0.15, 0.2) is 0 Å². The summed E-state index contributed by atoms with van der Waals surface area (Å²) < 4.78 is 0. The normalized spacial score (nSPS) is 12.7. The Labute approximate surface area is 73.0 Å². The van der Waals surface area contributed by atoms with Gasteiger partial charge in [0.2, 0.25) is 0 Å². The second-order valence-corrected chi connectivity index (χ2v) is 3.25. The van der Waals surface area contributed by atoms with Gasteiger partial charge in [0, 0.05) is 18.4 Å². The second-order valence-electron chi connectivity index (χ2n) is 3.25. The minimum absolute atomic E-state index is 0.0498. The van der Waals surface area contributed by atoms with Gasteiger partial charge in [0.15, 0.2) is 5.96 Å². The Morgan fingerprint density at radius 3 is 2.33 bits per heavy atom. The van der Waals surface area contributed by atoms with Crippen LogP contribution in [-0.2, 0) is 4.79 Å². The van der Waals surface area contributed by atoms with Gasteiger partial charge < -0.3 is 11.1 Å². The van der Waals surface area contributed by atoms with Crippen molar-refractivity contribution < 1.29 is 4.79 Å². The Balaban J connectivity index is 3.79. The summed E-state index contributed by atoms with van der Waals surface area (Å²) in [5.41, 5.74) is 5.08.